The number of nitrogens with zero attached hydrogens (tertiary/aromatic N) is 3. The normalized spacial score (nSPS) is 10.8. The SMILES string of the molecule is Cc1csc(CC(=O)N/N=C\c2ccc(O)c([N+](=O)[O-])c2)n1. The minimum absolute atomic E-state index is 0.117. The van der Waals surface area contributed by atoms with Crippen LogP contribution in [0.2, 0.25) is 0 Å². The average molecular weight is 320 g/mol. The van der Waals surface area contributed by atoms with Crippen LogP contribution in [0.4, 0.5) is 5.69 Å². The summed E-state index contributed by atoms with van der Waals surface area (Å²) >= 11 is 1.39. The van der Waals surface area contributed by atoms with E-state index >= 15 is 0 Å². The van der Waals surface area contributed by atoms with Crippen molar-refractivity contribution in [2.75, 3.05) is 0 Å². The summed E-state index contributed by atoms with van der Waals surface area (Å²) in [6.45, 7) is 1.84. The zero-order chi connectivity index (χ0) is 16.1. The fraction of sp³-hybridized carbons (Fsp3) is 0.154. The fourth-order valence-electron chi connectivity index (χ4n) is 1.61. The lowest BCUT2D eigenvalue weighted by atomic mass is 10.2. The van der Waals surface area contributed by atoms with Gasteiger partial charge in [-0.15, -0.1) is 11.3 Å². The summed E-state index contributed by atoms with van der Waals surface area (Å²) in [4.78, 5) is 25.8. The van der Waals surface area contributed by atoms with E-state index in [2.05, 4.69) is 15.5 Å². The van der Waals surface area contributed by atoms with E-state index in [1.165, 1.54) is 29.7 Å². The van der Waals surface area contributed by atoms with E-state index in [9.17, 15) is 20.0 Å². The van der Waals surface area contributed by atoms with Crippen molar-refractivity contribution < 1.29 is 14.8 Å². The molecule has 0 saturated heterocycles. The van der Waals surface area contributed by atoms with Crippen LogP contribution in [0.1, 0.15) is 16.3 Å². The second-order valence-corrected chi connectivity index (χ2v) is 5.30. The number of carbonyl (C=O) groups excluding carboxylic acids is 1. The van der Waals surface area contributed by atoms with Crippen molar-refractivity contribution in [1.29, 1.82) is 0 Å². The number of aromatic hydroxyl groups is 1. The maximum atomic E-state index is 11.6. The van der Waals surface area contributed by atoms with Crippen LogP contribution in [-0.2, 0) is 11.2 Å². The standard InChI is InChI=1S/C13H12N4O4S/c1-8-7-22-13(15-8)5-12(19)16-14-6-9-2-3-11(18)10(4-9)17(20)21/h2-4,6-7,18H,5H2,1H3,(H,16,19)/b14-6-. The van der Waals surface area contributed by atoms with E-state index < -0.39 is 16.4 Å². The second kappa shape index (κ2) is 6.76. The van der Waals surface area contributed by atoms with Crippen molar-refractivity contribution >= 4 is 29.1 Å². The summed E-state index contributed by atoms with van der Waals surface area (Å²) in [5.74, 6) is -0.760. The molecule has 2 N–H and O–H groups in total. The van der Waals surface area contributed by atoms with Crippen LogP contribution in [0.3, 0.4) is 0 Å². The van der Waals surface area contributed by atoms with Gasteiger partial charge in [0.05, 0.1) is 17.6 Å². The van der Waals surface area contributed by atoms with Crippen molar-refractivity contribution in [2.24, 2.45) is 5.10 Å². The molecule has 0 radical (unpaired) electrons. The lowest BCUT2D eigenvalue weighted by molar-refractivity contribution is -0.385. The molecule has 1 heterocycles. The second-order valence-electron chi connectivity index (χ2n) is 4.36. The molecule has 0 aliphatic carbocycles. The van der Waals surface area contributed by atoms with Gasteiger partial charge in [-0.05, 0) is 19.1 Å². The highest BCUT2D eigenvalue weighted by atomic mass is 32.1. The van der Waals surface area contributed by atoms with E-state index in [0.29, 0.717) is 10.6 Å². The maximum Gasteiger partial charge on any atom is 0.311 e. The lowest BCUT2D eigenvalue weighted by Gasteiger charge is -1.98. The van der Waals surface area contributed by atoms with E-state index in [1.54, 1.807) is 0 Å². The first-order chi connectivity index (χ1) is 10.5. The summed E-state index contributed by atoms with van der Waals surface area (Å²) < 4.78 is 0. The fourth-order valence-corrected chi connectivity index (χ4v) is 2.38. The van der Waals surface area contributed by atoms with Gasteiger partial charge in [0.1, 0.15) is 5.01 Å². The Morgan fingerprint density at radius 3 is 3.00 bits per heavy atom. The molecule has 9 heteroatoms. The monoisotopic (exact) mass is 320 g/mol. The average Bonchev–Trinajstić information content (AvgIpc) is 2.85. The van der Waals surface area contributed by atoms with Crippen molar-refractivity contribution in [1.82, 2.24) is 10.4 Å². The van der Waals surface area contributed by atoms with E-state index in [1.807, 2.05) is 12.3 Å². The van der Waals surface area contributed by atoms with Gasteiger partial charge < -0.3 is 5.11 Å². The number of phenols is 1. The van der Waals surface area contributed by atoms with Gasteiger partial charge in [0.15, 0.2) is 5.75 Å². The molecule has 22 heavy (non-hydrogen) atoms. The number of rotatable bonds is 5. The highest BCUT2D eigenvalue weighted by Crippen LogP contribution is 2.25. The third kappa shape index (κ3) is 4.09. The molecule has 0 aliphatic rings. The molecule has 0 bridgehead atoms. The Morgan fingerprint density at radius 1 is 1.59 bits per heavy atom. The summed E-state index contributed by atoms with van der Waals surface area (Å²) in [6.07, 6.45) is 1.38. The number of nitro benzene ring substituents is 1. The van der Waals surface area contributed by atoms with Crippen LogP contribution in [0.15, 0.2) is 28.7 Å². The number of benzene rings is 1. The van der Waals surface area contributed by atoms with Crippen LogP contribution in [0.25, 0.3) is 0 Å². The van der Waals surface area contributed by atoms with Gasteiger partial charge in [0.25, 0.3) is 0 Å². The molecule has 1 amide bonds. The summed E-state index contributed by atoms with van der Waals surface area (Å²) in [7, 11) is 0. The predicted molar refractivity (Wildman–Crippen MR) is 81.1 cm³/mol. The largest absolute Gasteiger partial charge is 0.502 e. The lowest BCUT2D eigenvalue weighted by Crippen LogP contribution is -2.19. The summed E-state index contributed by atoms with van der Waals surface area (Å²) in [6, 6.07) is 3.80. The highest BCUT2D eigenvalue weighted by molar-refractivity contribution is 7.09. The Kier molecular flexibility index (Phi) is 4.79. The third-order valence-electron chi connectivity index (χ3n) is 2.58. The van der Waals surface area contributed by atoms with Gasteiger partial charge in [0.2, 0.25) is 5.91 Å². The van der Waals surface area contributed by atoms with E-state index in [-0.39, 0.29) is 12.3 Å². The van der Waals surface area contributed by atoms with Crippen LogP contribution in [-0.4, -0.2) is 27.1 Å². The number of hydrazone groups is 1. The number of aryl methyl sites for hydroxylation is 1. The first-order valence-electron chi connectivity index (χ1n) is 6.16. The molecule has 0 atom stereocenters. The highest BCUT2D eigenvalue weighted by Gasteiger charge is 2.12. The van der Waals surface area contributed by atoms with Gasteiger partial charge in [-0.1, -0.05) is 0 Å². The molecular weight excluding hydrogens is 308 g/mol. The molecule has 2 aromatic rings. The Labute approximate surface area is 129 Å². The zero-order valence-corrected chi connectivity index (χ0v) is 12.3. The van der Waals surface area contributed by atoms with Crippen molar-refractivity contribution in [2.45, 2.75) is 13.3 Å². The molecule has 0 saturated carbocycles. The Bertz CT molecular complexity index is 741. The number of amides is 1. The molecule has 0 unspecified atom stereocenters. The Hall–Kier alpha value is -2.81. The number of phenolic OH excluding ortho intramolecular Hbond substituents is 1. The first kappa shape index (κ1) is 15.6. The molecule has 2 rings (SSSR count). The number of thiazole rings is 1. The van der Waals surface area contributed by atoms with Crippen LogP contribution < -0.4 is 5.43 Å². The molecule has 1 aromatic carbocycles. The van der Waals surface area contributed by atoms with Crippen LogP contribution in [0.5, 0.6) is 5.75 Å². The number of carbonyl (C=O) groups is 1. The molecule has 114 valence electrons. The van der Waals surface area contributed by atoms with Crippen molar-refractivity contribution in [3.8, 4) is 5.75 Å². The maximum absolute atomic E-state index is 11.6. The Balaban J connectivity index is 1.96. The first-order valence-corrected chi connectivity index (χ1v) is 7.04. The van der Waals surface area contributed by atoms with Crippen molar-refractivity contribution in [3.05, 3.63) is 50.0 Å². The molecule has 0 spiro atoms. The number of hydrogen-bond donors (Lipinski definition) is 2. The quantitative estimate of drug-likeness (QED) is 0.494. The van der Waals surface area contributed by atoms with Gasteiger partial charge in [0, 0.05) is 22.7 Å². The topological polar surface area (TPSA) is 118 Å². The zero-order valence-electron chi connectivity index (χ0n) is 11.5. The predicted octanol–water partition coefficient (Wildman–Crippen LogP) is 1.76. The number of nitrogens with one attached hydrogen (secondary N) is 1. The summed E-state index contributed by atoms with van der Waals surface area (Å²) in [5, 5.41) is 26.3. The number of hydrogen-bond acceptors (Lipinski definition) is 7. The van der Waals surface area contributed by atoms with Gasteiger partial charge >= 0.3 is 5.69 Å². The minimum atomic E-state index is -0.698. The van der Waals surface area contributed by atoms with Crippen LogP contribution in [0, 0.1) is 17.0 Å². The number of nitro groups is 1. The van der Waals surface area contributed by atoms with E-state index in [0.717, 1.165) is 11.8 Å². The van der Waals surface area contributed by atoms with Crippen LogP contribution >= 0.6 is 11.3 Å². The Morgan fingerprint density at radius 2 is 2.36 bits per heavy atom. The van der Waals surface area contributed by atoms with Gasteiger partial charge in [-0.3, -0.25) is 14.9 Å². The molecule has 0 aliphatic heterocycles. The minimum Gasteiger partial charge on any atom is -0.502 e. The van der Waals surface area contributed by atoms with E-state index in [4.69, 9.17) is 0 Å². The summed E-state index contributed by atoms with van der Waals surface area (Å²) in [5.41, 5.74) is 3.13. The molecule has 1 aromatic heterocycles. The smallest absolute Gasteiger partial charge is 0.311 e. The molecule has 8 nitrogen and oxygen atoms in total. The molecule has 0 fully saturated rings. The van der Waals surface area contributed by atoms with Crippen molar-refractivity contribution in [3.63, 3.8) is 0 Å². The van der Waals surface area contributed by atoms with Gasteiger partial charge in [-0.2, -0.15) is 5.10 Å². The van der Waals surface area contributed by atoms with Gasteiger partial charge in [-0.25, -0.2) is 10.4 Å². The molecular formula is C13H12N4O4S. The third-order valence-corrected chi connectivity index (χ3v) is 3.54. The number of aromatic nitrogens is 1.